The van der Waals surface area contributed by atoms with Crippen molar-refractivity contribution in [3.63, 3.8) is 0 Å². The van der Waals surface area contributed by atoms with Crippen LogP contribution in [0.4, 0.5) is 5.82 Å². The topological polar surface area (TPSA) is 52.4 Å². The zero-order chi connectivity index (χ0) is 16.9. The third-order valence-electron chi connectivity index (χ3n) is 4.26. The van der Waals surface area contributed by atoms with Crippen molar-refractivity contribution >= 4 is 17.2 Å². The van der Waals surface area contributed by atoms with Gasteiger partial charge in [-0.25, -0.2) is 4.98 Å². The average molecular weight is 342 g/mol. The second kappa shape index (κ2) is 7.75. The Bertz CT molecular complexity index is 704. The number of aryl methyl sites for hydroxylation is 1. The second-order valence-electron chi connectivity index (χ2n) is 6.03. The molecule has 1 fully saturated rings. The van der Waals surface area contributed by atoms with Gasteiger partial charge < -0.3 is 9.64 Å². The predicted octanol–water partition coefficient (Wildman–Crippen LogP) is 2.83. The summed E-state index contributed by atoms with van der Waals surface area (Å²) in [7, 11) is 2.05. The third-order valence-corrected chi connectivity index (χ3v) is 5.24. The first-order valence-corrected chi connectivity index (χ1v) is 9.00. The summed E-state index contributed by atoms with van der Waals surface area (Å²) in [6, 6.07) is 10.5. The van der Waals surface area contributed by atoms with E-state index in [0.29, 0.717) is 11.6 Å². The summed E-state index contributed by atoms with van der Waals surface area (Å²) in [6.07, 6.45) is 0. The van der Waals surface area contributed by atoms with Crippen molar-refractivity contribution in [1.29, 1.82) is 5.26 Å². The minimum atomic E-state index is 0.312. The van der Waals surface area contributed by atoms with Gasteiger partial charge in [-0.2, -0.15) is 5.26 Å². The summed E-state index contributed by atoms with van der Waals surface area (Å²) in [4.78, 5) is 10.6. The molecule has 0 aliphatic carbocycles. The number of aromatic nitrogens is 1. The Morgan fingerprint density at radius 1 is 1.42 bits per heavy atom. The van der Waals surface area contributed by atoms with Gasteiger partial charge in [0, 0.05) is 37.3 Å². The molecule has 24 heavy (non-hydrogen) atoms. The van der Waals surface area contributed by atoms with E-state index < -0.39 is 0 Å². The second-order valence-corrected chi connectivity index (χ2v) is 7.01. The number of thiophene rings is 1. The van der Waals surface area contributed by atoms with E-state index in [-0.39, 0.29) is 0 Å². The van der Waals surface area contributed by atoms with Crippen molar-refractivity contribution in [2.75, 3.05) is 44.8 Å². The highest BCUT2D eigenvalue weighted by atomic mass is 32.1. The monoisotopic (exact) mass is 342 g/mol. The Morgan fingerprint density at radius 2 is 2.21 bits per heavy atom. The maximum atomic E-state index is 9.19. The lowest BCUT2D eigenvalue weighted by atomic mass is 10.1. The van der Waals surface area contributed by atoms with Crippen molar-refractivity contribution in [1.82, 2.24) is 9.88 Å². The molecule has 3 rings (SSSR count). The quantitative estimate of drug-likeness (QED) is 0.836. The molecule has 2 aromatic heterocycles. The zero-order valence-electron chi connectivity index (χ0n) is 14.1. The van der Waals surface area contributed by atoms with Crippen LogP contribution in [0.15, 0.2) is 29.6 Å². The maximum Gasteiger partial charge on any atom is 0.129 e. The molecule has 1 saturated heterocycles. The number of hydrogen-bond acceptors (Lipinski definition) is 6. The summed E-state index contributed by atoms with van der Waals surface area (Å²) in [6.45, 7) is 6.22. The molecular formula is C18H22N4OS. The van der Waals surface area contributed by atoms with Crippen LogP contribution in [-0.4, -0.2) is 49.8 Å². The summed E-state index contributed by atoms with van der Waals surface area (Å²) < 4.78 is 5.50. The van der Waals surface area contributed by atoms with Crippen LogP contribution in [0, 0.1) is 18.3 Å². The molecule has 0 N–H and O–H groups in total. The number of pyridine rings is 1. The van der Waals surface area contributed by atoms with Gasteiger partial charge in [0.15, 0.2) is 0 Å². The minimum absolute atomic E-state index is 0.312. The molecule has 1 aliphatic rings. The Hall–Kier alpha value is -1.94. The highest BCUT2D eigenvalue weighted by Crippen LogP contribution is 2.28. The summed E-state index contributed by atoms with van der Waals surface area (Å²) in [5.41, 5.74) is 1.53. The molecule has 126 valence electrons. The molecule has 0 unspecified atom stereocenters. The normalized spacial score (nSPS) is 16.5. The van der Waals surface area contributed by atoms with Gasteiger partial charge in [-0.3, -0.25) is 4.90 Å². The van der Waals surface area contributed by atoms with Gasteiger partial charge in [0.1, 0.15) is 5.82 Å². The van der Waals surface area contributed by atoms with E-state index in [1.807, 2.05) is 26.1 Å². The van der Waals surface area contributed by atoms with E-state index in [1.54, 1.807) is 11.3 Å². The van der Waals surface area contributed by atoms with Gasteiger partial charge in [-0.1, -0.05) is 6.07 Å². The largest absolute Gasteiger partial charge is 0.379 e. The highest BCUT2D eigenvalue weighted by Gasteiger charge is 2.25. The van der Waals surface area contributed by atoms with E-state index in [2.05, 4.69) is 38.4 Å². The van der Waals surface area contributed by atoms with E-state index in [9.17, 15) is 5.26 Å². The Balaban J connectivity index is 1.81. The standard InChI is InChI=1S/C18H22N4OS/c1-14-10-15(12-19)11-18(20-14)21(2)13-16(17-4-3-9-24-17)22-5-7-23-8-6-22/h3-4,9-11,16H,5-8,13H2,1-2H3/t16-/m1/s1. The van der Waals surface area contributed by atoms with Crippen LogP contribution in [0.5, 0.6) is 0 Å². The fourth-order valence-corrected chi connectivity index (χ4v) is 3.87. The van der Waals surface area contributed by atoms with Crippen molar-refractivity contribution < 1.29 is 4.74 Å². The predicted molar refractivity (Wildman–Crippen MR) is 96.4 cm³/mol. The number of nitrogens with zero attached hydrogens (tertiary/aromatic N) is 4. The highest BCUT2D eigenvalue weighted by molar-refractivity contribution is 7.10. The zero-order valence-corrected chi connectivity index (χ0v) is 14.9. The van der Waals surface area contributed by atoms with Crippen LogP contribution in [-0.2, 0) is 4.74 Å². The molecule has 1 aliphatic heterocycles. The molecule has 0 bridgehead atoms. The third kappa shape index (κ3) is 3.93. The van der Waals surface area contributed by atoms with Crippen LogP contribution < -0.4 is 4.90 Å². The van der Waals surface area contributed by atoms with Crippen LogP contribution in [0.25, 0.3) is 0 Å². The molecule has 1 atom stereocenters. The molecule has 5 nitrogen and oxygen atoms in total. The Morgan fingerprint density at radius 3 is 2.88 bits per heavy atom. The van der Waals surface area contributed by atoms with Crippen LogP contribution in [0.3, 0.4) is 0 Å². The van der Waals surface area contributed by atoms with Gasteiger partial charge in [0.25, 0.3) is 0 Å². The summed E-state index contributed by atoms with van der Waals surface area (Å²) in [5.74, 6) is 0.848. The fraction of sp³-hybridized carbons (Fsp3) is 0.444. The molecule has 0 amide bonds. The first-order valence-electron chi connectivity index (χ1n) is 8.12. The lowest BCUT2D eigenvalue weighted by Gasteiger charge is -2.36. The van der Waals surface area contributed by atoms with E-state index in [0.717, 1.165) is 44.4 Å². The summed E-state index contributed by atoms with van der Waals surface area (Å²) in [5, 5.41) is 11.3. The number of anilines is 1. The number of hydrogen-bond donors (Lipinski definition) is 0. The van der Waals surface area contributed by atoms with E-state index in [4.69, 9.17) is 4.74 Å². The molecule has 3 heterocycles. The van der Waals surface area contributed by atoms with Crippen molar-refractivity contribution in [2.24, 2.45) is 0 Å². The van der Waals surface area contributed by atoms with Gasteiger partial charge in [0.05, 0.1) is 30.9 Å². The lowest BCUT2D eigenvalue weighted by Crippen LogP contribution is -2.43. The van der Waals surface area contributed by atoms with Crippen molar-refractivity contribution in [2.45, 2.75) is 13.0 Å². The van der Waals surface area contributed by atoms with Crippen LogP contribution >= 0.6 is 11.3 Å². The van der Waals surface area contributed by atoms with Crippen LogP contribution in [0.2, 0.25) is 0 Å². The minimum Gasteiger partial charge on any atom is -0.379 e. The number of rotatable bonds is 5. The van der Waals surface area contributed by atoms with Gasteiger partial charge in [-0.15, -0.1) is 11.3 Å². The summed E-state index contributed by atoms with van der Waals surface area (Å²) >= 11 is 1.79. The van der Waals surface area contributed by atoms with Crippen molar-refractivity contribution in [3.8, 4) is 6.07 Å². The number of morpholine rings is 1. The number of nitriles is 1. The lowest BCUT2D eigenvalue weighted by molar-refractivity contribution is 0.0183. The van der Waals surface area contributed by atoms with Crippen LogP contribution in [0.1, 0.15) is 22.2 Å². The van der Waals surface area contributed by atoms with Gasteiger partial charge in [-0.05, 0) is 30.5 Å². The number of ether oxygens (including phenoxy) is 1. The van der Waals surface area contributed by atoms with E-state index in [1.165, 1.54) is 4.88 Å². The molecule has 0 radical (unpaired) electrons. The molecular weight excluding hydrogens is 320 g/mol. The molecule has 0 spiro atoms. The average Bonchev–Trinajstić information content (AvgIpc) is 3.14. The number of likely N-dealkylation sites (N-methyl/N-ethyl adjacent to an activating group) is 1. The first-order chi connectivity index (χ1) is 11.7. The van der Waals surface area contributed by atoms with E-state index >= 15 is 0 Å². The Kier molecular flexibility index (Phi) is 5.46. The van der Waals surface area contributed by atoms with Gasteiger partial charge >= 0.3 is 0 Å². The smallest absolute Gasteiger partial charge is 0.129 e. The fourth-order valence-electron chi connectivity index (χ4n) is 3.02. The molecule has 2 aromatic rings. The van der Waals surface area contributed by atoms with Crippen molar-refractivity contribution in [3.05, 3.63) is 45.8 Å². The first kappa shape index (κ1) is 16.9. The molecule has 0 aromatic carbocycles. The maximum absolute atomic E-state index is 9.19. The Labute approximate surface area is 147 Å². The molecule has 6 heteroatoms. The molecule has 0 saturated carbocycles. The van der Waals surface area contributed by atoms with Gasteiger partial charge in [0.2, 0.25) is 0 Å². The SMILES string of the molecule is Cc1cc(C#N)cc(N(C)C[C@H](c2cccs2)N2CCOCC2)n1.